The molecule has 2 heterocycles. The van der Waals surface area contributed by atoms with Crippen LogP contribution in [0.25, 0.3) is 22.2 Å². The van der Waals surface area contributed by atoms with E-state index in [0.29, 0.717) is 40.6 Å². The van der Waals surface area contributed by atoms with E-state index in [9.17, 15) is 9.59 Å². The van der Waals surface area contributed by atoms with Crippen LogP contribution < -0.4 is 25.7 Å². The van der Waals surface area contributed by atoms with Gasteiger partial charge in [0, 0.05) is 42.5 Å². The molecule has 2 aromatic carbocycles. The molecule has 0 bridgehead atoms. The lowest BCUT2D eigenvalue weighted by Gasteiger charge is -2.17. The number of methoxy groups -OCH3 is 2. The number of carbonyl (C=O) groups excluding carboxylic acids is 1. The molecule has 0 radical (unpaired) electrons. The Morgan fingerprint density at radius 2 is 1.79 bits per heavy atom. The molecule has 0 unspecified atom stereocenters. The van der Waals surface area contributed by atoms with Crippen molar-refractivity contribution in [3.63, 3.8) is 0 Å². The van der Waals surface area contributed by atoms with E-state index in [0.717, 1.165) is 5.56 Å². The highest BCUT2D eigenvalue weighted by molar-refractivity contribution is 6.41. The number of aromatic nitrogens is 3. The summed E-state index contributed by atoms with van der Waals surface area (Å²) in [4.78, 5) is 35.2. The van der Waals surface area contributed by atoms with Crippen molar-refractivity contribution in [3.8, 4) is 28.7 Å². The zero-order valence-corrected chi connectivity index (χ0v) is 26.2. The van der Waals surface area contributed by atoms with Crippen molar-refractivity contribution >= 4 is 51.8 Å². The third kappa shape index (κ3) is 7.08. The molecule has 43 heavy (non-hydrogen) atoms. The molecule has 4 rings (SSSR count). The summed E-state index contributed by atoms with van der Waals surface area (Å²) < 4.78 is 12.3. The van der Waals surface area contributed by atoms with Crippen LogP contribution in [-0.4, -0.2) is 41.7 Å². The fourth-order valence-electron chi connectivity index (χ4n) is 4.28. The molecule has 0 saturated carbocycles. The Bertz CT molecular complexity index is 1750. The minimum atomic E-state index is -0.499. The number of allylic oxidation sites excluding steroid dienone is 1. The van der Waals surface area contributed by atoms with Crippen molar-refractivity contribution < 1.29 is 14.3 Å². The average Bonchev–Trinajstić information content (AvgIpc) is 3.02. The van der Waals surface area contributed by atoms with Crippen molar-refractivity contribution in [1.82, 2.24) is 14.5 Å². The summed E-state index contributed by atoms with van der Waals surface area (Å²) in [7, 11) is 4.60. The van der Waals surface area contributed by atoms with Gasteiger partial charge in [-0.1, -0.05) is 55.3 Å². The van der Waals surface area contributed by atoms with Gasteiger partial charge < -0.3 is 20.1 Å². The quantitative estimate of drug-likeness (QED) is 0.160. The van der Waals surface area contributed by atoms with Crippen molar-refractivity contribution in [2.75, 3.05) is 31.9 Å². The first kappa shape index (κ1) is 32.9. The lowest BCUT2D eigenvalue weighted by Crippen LogP contribution is -2.24. The third-order valence-electron chi connectivity index (χ3n) is 6.36. The molecule has 2 N–H and O–H groups in total. The number of ether oxygens (including phenoxy) is 2. The maximum absolute atomic E-state index is 14.1. The first-order chi connectivity index (χ1) is 20.8. The minimum absolute atomic E-state index is 0.0109. The summed E-state index contributed by atoms with van der Waals surface area (Å²) in [6, 6.07) is 12.2. The Balaban J connectivity index is 0.00000248. The van der Waals surface area contributed by atoms with Crippen molar-refractivity contribution in [2.45, 2.75) is 33.7 Å². The molecular formula is C31H32Cl2N6O4. The van der Waals surface area contributed by atoms with Gasteiger partial charge in [-0.3, -0.25) is 14.2 Å². The molecule has 4 aromatic rings. The number of nitriles is 1. The van der Waals surface area contributed by atoms with Crippen molar-refractivity contribution in [3.05, 3.63) is 80.2 Å². The van der Waals surface area contributed by atoms with Crippen molar-refractivity contribution in [2.24, 2.45) is 0 Å². The standard InChI is InChI=1S/C29H26Cl2N6O4.C2H6/c1-5-17(14-32)27(38)35-19-8-6-7-16(11-19)9-10-37-26-18(15-34-29(33-2)36-26)12-20(28(37)39)23-24(30)21(40-3)13-22(41-4)25(23)31;1-2/h5-8,11-13,15H,9-10H2,1-4H3,(H,35,38)(H,33,34,36);1-2H3/b17-5+;. The van der Waals surface area contributed by atoms with Gasteiger partial charge in [-0.2, -0.15) is 10.2 Å². The van der Waals surface area contributed by atoms with E-state index in [2.05, 4.69) is 20.6 Å². The second kappa shape index (κ2) is 15.0. The SMILES string of the molecule is C/C=C(\C#N)C(=O)Nc1cccc(CCn2c(=O)c(-c3c(Cl)c(OC)cc(OC)c3Cl)cc3cnc(NC)nc32)c1.CC. The van der Waals surface area contributed by atoms with Gasteiger partial charge in [0.05, 0.1) is 29.8 Å². The topological polar surface area (TPSA) is 131 Å². The first-order valence-electron chi connectivity index (χ1n) is 13.4. The number of fused-ring (bicyclic) bond motifs is 1. The lowest BCUT2D eigenvalue weighted by molar-refractivity contribution is -0.112. The molecule has 0 atom stereocenters. The van der Waals surface area contributed by atoms with Crippen LogP contribution in [0.15, 0.2) is 59.0 Å². The number of hydrogen-bond acceptors (Lipinski definition) is 8. The Morgan fingerprint density at radius 1 is 1.12 bits per heavy atom. The highest BCUT2D eigenvalue weighted by atomic mass is 35.5. The summed E-state index contributed by atoms with van der Waals surface area (Å²) in [5, 5.41) is 15.7. The van der Waals surface area contributed by atoms with Gasteiger partial charge in [0.15, 0.2) is 0 Å². The number of hydrogen-bond donors (Lipinski definition) is 2. The van der Waals surface area contributed by atoms with Gasteiger partial charge in [-0.25, -0.2) is 4.98 Å². The number of rotatable bonds is 9. The predicted octanol–water partition coefficient (Wildman–Crippen LogP) is 6.50. The Hall–Kier alpha value is -4.59. The third-order valence-corrected chi connectivity index (χ3v) is 7.11. The highest BCUT2D eigenvalue weighted by Crippen LogP contribution is 2.45. The molecule has 0 aliphatic carbocycles. The number of nitrogens with zero attached hydrogens (tertiary/aromatic N) is 4. The number of anilines is 2. The number of amides is 1. The maximum atomic E-state index is 14.1. The normalized spacial score (nSPS) is 10.8. The summed E-state index contributed by atoms with van der Waals surface area (Å²) in [5.74, 6) is 0.444. The van der Waals surface area contributed by atoms with Crippen LogP contribution in [0, 0.1) is 11.3 Å². The first-order valence-corrected chi connectivity index (χ1v) is 14.2. The largest absolute Gasteiger partial charge is 0.495 e. The maximum Gasteiger partial charge on any atom is 0.265 e. The van der Waals surface area contributed by atoms with E-state index in [1.54, 1.807) is 50.5 Å². The Morgan fingerprint density at radius 3 is 2.37 bits per heavy atom. The second-order valence-electron chi connectivity index (χ2n) is 8.74. The summed E-state index contributed by atoms with van der Waals surface area (Å²) in [6.07, 6.45) is 3.47. The molecule has 0 aliphatic rings. The molecule has 0 spiro atoms. The zero-order valence-electron chi connectivity index (χ0n) is 24.7. The van der Waals surface area contributed by atoms with Crippen LogP contribution in [0.4, 0.5) is 11.6 Å². The highest BCUT2D eigenvalue weighted by Gasteiger charge is 2.23. The van der Waals surface area contributed by atoms with Gasteiger partial charge in [0.25, 0.3) is 11.5 Å². The fourth-order valence-corrected chi connectivity index (χ4v) is 4.98. The van der Waals surface area contributed by atoms with E-state index in [1.165, 1.54) is 24.9 Å². The van der Waals surface area contributed by atoms with E-state index in [4.69, 9.17) is 37.9 Å². The molecule has 12 heteroatoms. The Kier molecular flexibility index (Phi) is 11.5. The molecule has 224 valence electrons. The van der Waals surface area contributed by atoms with Gasteiger partial charge in [0.2, 0.25) is 5.95 Å². The zero-order chi connectivity index (χ0) is 31.7. The molecule has 0 fully saturated rings. The van der Waals surface area contributed by atoms with Crippen molar-refractivity contribution in [1.29, 1.82) is 5.26 Å². The molecule has 0 saturated heterocycles. The summed E-state index contributed by atoms with van der Waals surface area (Å²) >= 11 is 13.3. The summed E-state index contributed by atoms with van der Waals surface area (Å²) in [6.45, 7) is 5.85. The van der Waals surface area contributed by atoms with Crippen LogP contribution in [0.3, 0.4) is 0 Å². The van der Waals surface area contributed by atoms with Gasteiger partial charge in [-0.05, 0) is 37.1 Å². The Labute approximate surface area is 259 Å². The second-order valence-corrected chi connectivity index (χ2v) is 9.50. The van der Waals surface area contributed by atoms with E-state index < -0.39 is 5.91 Å². The fraction of sp³-hybridized carbons (Fsp3) is 0.258. The molecule has 10 nitrogen and oxygen atoms in total. The van der Waals surface area contributed by atoms with Crippen LogP contribution in [0.2, 0.25) is 10.0 Å². The van der Waals surface area contributed by atoms with Crippen LogP contribution in [0.5, 0.6) is 11.5 Å². The number of nitrogens with one attached hydrogen (secondary N) is 2. The number of benzene rings is 2. The molecule has 0 aliphatic heterocycles. The average molecular weight is 624 g/mol. The number of halogens is 2. The molecule has 1 amide bonds. The number of aryl methyl sites for hydroxylation is 2. The van der Waals surface area contributed by atoms with E-state index in [-0.39, 0.29) is 38.8 Å². The minimum Gasteiger partial charge on any atom is -0.495 e. The summed E-state index contributed by atoms with van der Waals surface area (Å²) in [5.41, 5.74) is 1.90. The van der Waals surface area contributed by atoms with Crippen LogP contribution >= 0.6 is 23.2 Å². The van der Waals surface area contributed by atoms with Crippen LogP contribution in [0.1, 0.15) is 26.3 Å². The lowest BCUT2D eigenvalue weighted by atomic mass is 10.0. The number of carbonyl (C=O) groups is 1. The molecule has 2 aromatic heterocycles. The number of pyridine rings is 1. The predicted molar refractivity (Wildman–Crippen MR) is 171 cm³/mol. The van der Waals surface area contributed by atoms with E-state index >= 15 is 0 Å². The van der Waals surface area contributed by atoms with Crippen LogP contribution in [-0.2, 0) is 17.8 Å². The monoisotopic (exact) mass is 622 g/mol. The van der Waals surface area contributed by atoms with Gasteiger partial charge in [-0.15, -0.1) is 0 Å². The van der Waals surface area contributed by atoms with Gasteiger partial charge in [0.1, 0.15) is 28.8 Å². The smallest absolute Gasteiger partial charge is 0.265 e. The van der Waals surface area contributed by atoms with E-state index in [1.807, 2.05) is 26.0 Å². The van der Waals surface area contributed by atoms with Gasteiger partial charge >= 0.3 is 0 Å². The molecular weight excluding hydrogens is 591 g/mol.